The molecule has 0 spiro atoms. The van der Waals surface area contributed by atoms with Gasteiger partial charge in [-0.15, -0.1) is 0 Å². The lowest BCUT2D eigenvalue weighted by Crippen LogP contribution is -2.48. The van der Waals surface area contributed by atoms with Crippen molar-refractivity contribution in [2.24, 2.45) is 17.8 Å². The Morgan fingerprint density at radius 2 is 1.55 bits per heavy atom. The first-order chi connectivity index (χ1) is 16.1. The van der Waals surface area contributed by atoms with Gasteiger partial charge in [0, 0.05) is 5.69 Å². The maximum Gasteiger partial charge on any atom is 0.265 e. The lowest BCUT2D eigenvalue weighted by atomic mass is 9.48. The Morgan fingerprint density at radius 3 is 2.18 bits per heavy atom. The molecule has 0 aromatic heterocycles. The maximum absolute atomic E-state index is 13.0. The highest BCUT2D eigenvalue weighted by Crippen LogP contribution is 2.60. The lowest BCUT2D eigenvalue weighted by Gasteiger charge is -2.57. The molecule has 4 fully saturated rings. The Hall–Kier alpha value is -2.81. The van der Waals surface area contributed by atoms with E-state index in [0.717, 1.165) is 34.6 Å². The first-order valence-electron chi connectivity index (χ1n) is 12.7. The average molecular weight is 440 g/mol. The highest BCUT2D eigenvalue weighted by atomic mass is 16.5. The molecular formula is C30H33NO2. The third-order valence-electron chi connectivity index (χ3n) is 8.47. The lowest BCUT2D eigenvalue weighted by molar-refractivity contribution is -0.122. The van der Waals surface area contributed by atoms with E-state index in [-0.39, 0.29) is 5.91 Å². The molecule has 7 rings (SSSR count). The van der Waals surface area contributed by atoms with E-state index in [1.165, 1.54) is 49.5 Å². The summed E-state index contributed by atoms with van der Waals surface area (Å²) in [6.45, 7) is 1.99. The van der Waals surface area contributed by atoms with E-state index in [1.54, 1.807) is 0 Å². The minimum atomic E-state index is -0.519. The van der Waals surface area contributed by atoms with Crippen LogP contribution in [0.2, 0.25) is 0 Å². The van der Waals surface area contributed by atoms with E-state index < -0.39 is 6.10 Å². The molecule has 1 amide bonds. The zero-order valence-corrected chi connectivity index (χ0v) is 19.4. The van der Waals surface area contributed by atoms with Crippen molar-refractivity contribution in [2.45, 2.75) is 63.4 Å². The molecule has 3 nitrogen and oxygen atoms in total. The number of amides is 1. The van der Waals surface area contributed by atoms with Crippen LogP contribution in [0.4, 0.5) is 5.69 Å². The summed E-state index contributed by atoms with van der Waals surface area (Å²) in [5.41, 5.74) is 2.73. The summed E-state index contributed by atoms with van der Waals surface area (Å²) in [4.78, 5) is 13.0. The Bertz CT molecular complexity index is 1130. The van der Waals surface area contributed by atoms with Crippen molar-refractivity contribution in [1.82, 2.24) is 0 Å². The summed E-state index contributed by atoms with van der Waals surface area (Å²) in [5, 5.41) is 5.37. The maximum atomic E-state index is 13.0. The Balaban J connectivity index is 1.14. The van der Waals surface area contributed by atoms with Crippen LogP contribution in [0.1, 0.15) is 57.4 Å². The fourth-order valence-electron chi connectivity index (χ4n) is 7.32. The summed E-state index contributed by atoms with van der Waals surface area (Å²) in [7, 11) is 0. The third kappa shape index (κ3) is 3.92. The van der Waals surface area contributed by atoms with Gasteiger partial charge in [-0.1, -0.05) is 49.4 Å². The number of carbonyl (C=O) groups is 1. The predicted octanol–water partition coefficient (Wildman–Crippen LogP) is 7.10. The van der Waals surface area contributed by atoms with Gasteiger partial charge in [0.2, 0.25) is 0 Å². The Kier molecular flexibility index (Phi) is 5.16. The number of nitrogens with one attached hydrogen (secondary N) is 1. The van der Waals surface area contributed by atoms with Crippen molar-refractivity contribution in [2.75, 3.05) is 5.32 Å². The second-order valence-electron chi connectivity index (χ2n) is 10.8. The van der Waals surface area contributed by atoms with Crippen LogP contribution >= 0.6 is 0 Å². The molecule has 3 aromatic carbocycles. The largest absolute Gasteiger partial charge is 0.481 e. The zero-order chi connectivity index (χ0) is 22.4. The molecule has 4 saturated carbocycles. The smallest absolute Gasteiger partial charge is 0.265 e. The molecule has 0 heterocycles. The van der Waals surface area contributed by atoms with E-state index in [0.29, 0.717) is 11.8 Å². The normalized spacial score (nSPS) is 28.6. The number of anilines is 1. The van der Waals surface area contributed by atoms with Gasteiger partial charge in [-0.25, -0.2) is 0 Å². The highest BCUT2D eigenvalue weighted by Gasteiger charge is 2.51. The fourth-order valence-corrected chi connectivity index (χ4v) is 7.32. The Morgan fingerprint density at radius 1 is 0.909 bits per heavy atom. The molecule has 1 atom stereocenters. The standard InChI is InChI=1S/C30H33NO2/c1-2-28(33-27-12-7-23-5-3-4-6-24(23)16-27)29(32)31-26-10-8-25(9-11-26)30-17-20-13-21(18-30)15-22(14-20)19-30/h3-12,16,20-22,28H,2,13-15,17-19H2,1H3,(H,31,32)/t20?,21?,22?,28-,30?/m0/s1. The molecular weight excluding hydrogens is 406 g/mol. The van der Waals surface area contributed by atoms with Crippen molar-refractivity contribution in [3.8, 4) is 5.75 Å². The average Bonchev–Trinajstić information content (AvgIpc) is 2.82. The molecule has 0 saturated heterocycles. The topological polar surface area (TPSA) is 38.3 Å². The van der Waals surface area contributed by atoms with Gasteiger partial charge < -0.3 is 10.1 Å². The molecule has 0 radical (unpaired) electrons. The van der Waals surface area contributed by atoms with Crippen LogP contribution in [-0.4, -0.2) is 12.0 Å². The highest BCUT2D eigenvalue weighted by molar-refractivity contribution is 5.94. The summed E-state index contributed by atoms with van der Waals surface area (Å²) < 4.78 is 6.08. The van der Waals surface area contributed by atoms with Gasteiger partial charge in [-0.05, 0) is 109 Å². The molecule has 3 aromatic rings. The van der Waals surface area contributed by atoms with Crippen molar-refractivity contribution < 1.29 is 9.53 Å². The first-order valence-corrected chi connectivity index (χ1v) is 12.7. The van der Waals surface area contributed by atoms with Gasteiger partial charge in [-0.2, -0.15) is 0 Å². The summed E-state index contributed by atoms with van der Waals surface area (Å²) in [5.74, 6) is 3.45. The van der Waals surface area contributed by atoms with E-state index >= 15 is 0 Å². The van der Waals surface area contributed by atoms with Crippen LogP contribution in [0.3, 0.4) is 0 Å². The van der Waals surface area contributed by atoms with E-state index in [1.807, 2.05) is 37.3 Å². The van der Waals surface area contributed by atoms with Gasteiger partial charge in [0.25, 0.3) is 5.91 Å². The van der Waals surface area contributed by atoms with Gasteiger partial charge >= 0.3 is 0 Å². The van der Waals surface area contributed by atoms with Crippen LogP contribution in [0.5, 0.6) is 5.75 Å². The van der Waals surface area contributed by atoms with E-state index in [4.69, 9.17) is 4.74 Å². The van der Waals surface area contributed by atoms with Gasteiger partial charge in [0.15, 0.2) is 6.10 Å². The third-order valence-corrected chi connectivity index (χ3v) is 8.47. The molecule has 4 aliphatic rings. The number of benzene rings is 3. The van der Waals surface area contributed by atoms with Crippen molar-refractivity contribution in [3.63, 3.8) is 0 Å². The quantitative estimate of drug-likeness (QED) is 0.445. The molecule has 3 heteroatoms. The molecule has 0 unspecified atom stereocenters. The van der Waals surface area contributed by atoms with Crippen molar-refractivity contribution in [3.05, 3.63) is 72.3 Å². The summed E-state index contributed by atoms with van der Waals surface area (Å²) >= 11 is 0. The Labute approximate surface area is 196 Å². The SMILES string of the molecule is CC[C@H](Oc1ccc2ccccc2c1)C(=O)Nc1ccc(C23CC4CC(CC(C4)C2)C3)cc1. The molecule has 1 N–H and O–H groups in total. The number of ether oxygens (including phenoxy) is 1. The number of carbonyl (C=O) groups excluding carboxylic acids is 1. The van der Waals surface area contributed by atoms with Crippen LogP contribution in [0.25, 0.3) is 10.8 Å². The van der Waals surface area contributed by atoms with Gasteiger partial charge in [-0.3, -0.25) is 4.79 Å². The molecule has 0 aliphatic heterocycles. The molecule has 170 valence electrons. The van der Waals surface area contributed by atoms with Crippen LogP contribution < -0.4 is 10.1 Å². The zero-order valence-electron chi connectivity index (χ0n) is 19.4. The monoisotopic (exact) mass is 439 g/mol. The van der Waals surface area contributed by atoms with Crippen LogP contribution in [0, 0.1) is 17.8 Å². The van der Waals surface area contributed by atoms with E-state index in [2.05, 4.69) is 41.7 Å². The van der Waals surface area contributed by atoms with Crippen molar-refractivity contribution in [1.29, 1.82) is 0 Å². The van der Waals surface area contributed by atoms with Crippen LogP contribution in [0.15, 0.2) is 66.7 Å². The molecule has 4 aliphatic carbocycles. The minimum Gasteiger partial charge on any atom is -0.481 e. The molecule has 4 bridgehead atoms. The number of rotatable bonds is 6. The number of hydrogen-bond acceptors (Lipinski definition) is 2. The first kappa shape index (κ1) is 20.8. The minimum absolute atomic E-state index is 0.0896. The van der Waals surface area contributed by atoms with E-state index in [9.17, 15) is 4.79 Å². The van der Waals surface area contributed by atoms with Crippen molar-refractivity contribution >= 4 is 22.4 Å². The van der Waals surface area contributed by atoms with Gasteiger partial charge in [0.1, 0.15) is 5.75 Å². The second kappa shape index (κ2) is 8.20. The summed E-state index contributed by atoms with van der Waals surface area (Å²) in [6.07, 6.45) is 8.57. The fraction of sp³-hybridized carbons (Fsp3) is 0.433. The number of fused-ring (bicyclic) bond motifs is 1. The second-order valence-corrected chi connectivity index (χ2v) is 10.8. The summed E-state index contributed by atoms with van der Waals surface area (Å²) in [6, 6.07) is 22.9. The molecule has 33 heavy (non-hydrogen) atoms. The predicted molar refractivity (Wildman–Crippen MR) is 134 cm³/mol. The van der Waals surface area contributed by atoms with Gasteiger partial charge in [0.05, 0.1) is 0 Å². The number of hydrogen-bond donors (Lipinski definition) is 1. The van der Waals surface area contributed by atoms with Crippen LogP contribution in [-0.2, 0) is 10.2 Å².